The Bertz CT molecular complexity index is 454. The van der Waals surface area contributed by atoms with Gasteiger partial charge in [0.15, 0.2) is 0 Å². The van der Waals surface area contributed by atoms with Crippen LogP contribution in [0.3, 0.4) is 0 Å². The van der Waals surface area contributed by atoms with E-state index in [0.717, 1.165) is 12.1 Å². The summed E-state index contributed by atoms with van der Waals surface area (Å²) < 4.78 is 2.11. The van der Waals surface area contributed by atoms with Crippen LogP contribution in [0.4, 0.5) is 0 Å². The van der Waals surface area contributed by atoms with Gasteiger partial charge in [0.25, 0.3) is 0 Å². The number of aromatic nitrogens is 2. The number of nitrogens with zero attached hydrogens (tertiary/aromatic N) is 2. The Labute approximate surface area is 128 Å². The number of carbonyl (C=O) groups is 1. The van der Waals surface area contributed by atoms with Crippen molar-refractivity contribution < 1.29 is 4.79 Å². The molecule has 0 unspecified atom stereocenters. The number of carbonyl (C=O) groups excluding carboxylic acids is 1. The van der Waals surface area contributed by atoms with E-state index in [9.17, 15) is 4.79 Å². The molecule has 3 rings (SSSR count). The van der Waals surface area contributed by atoms with Gasteiger partial charge in [-0.05, 0) is 24.8 Å². The SMILES string of the molecule is O=C(Cc1ccn(C2CCCCC2)n1)CC1CCCCC1. The van der Waals surface area contributed by atoms with Crippen molar-refractivity contribution in [2.45, 2.75) is 83.1 Å². The Kier molecular flexibility index (Phi) is 5.10. The van der Waals surface area contributed by atoms with E-state index in [4.69, 9.17) is 0 Å². The summed E-state index contributed by atoms with van der Waals surface area (Å²) in [4.78, 5) is 12.2. The van der Waals surface area contributed by atoms with Crippen LogP contribution in [0.25, 0.3) is 0 Å². The first-order valence-corrected chi connectivity index (χ1v) is 8.87. The standard InChI is InChI=1S/C18H28N2O/c21-18(13-15-7-3-1-4-8-15)14-16-11-12-20(19-16)17-9-5-2-6-10-17/h11-12,15,17H,1-10,13-14H2. The molecule has 3 heteroatoms. The maximum absolute atomic E-state index is 12.2. The van der Waals surface area contributed by atoms with Gasteiger partial charge in [0.2, 0.25) is 0 Å². The van der Waals surface area contributed by atoms with Crippen LogP contribution in [0, 0.1) is 5.92 Å². The molecule has 0 atom stereocenters. The van der Waals surface area contributed by atoms with E-state index >= 15 is 0 Å². The molecule has 2 saturated carbocycles. The molecule has 1 aromatic heterocycles. The van der Waals surface area contributed by atoms with E-state index in [1.807, 2.05) is 6.07 Å². The molecular formula is C18H28N2O. The summed E-state index contributed by atoms with van der Waals surface area (Å²) in [6.07, 6.45) is 16.4. The minimum absolute atomic E-state index is 0.385. The van der Waals surface area contributed by atoms with Crippen molar-refractivity contribution in [2.75, 3.05) is 0 Å². The van der Waals surface area contributed by atoms with Gasteiger partial charge in [0.1, 0.15) is 5.78 Å². The molecule has 0 N–H and O–H groups in total. The Morgan fingerprint density at radius 1 is 1.05 bits per heavy atom. The van der Waals surface area contributed by atoms with Crippen LogP contribution in [-0.2, 0) is 11.2 Å². The lowest BCUT2D eigenvalue weighted by Gasteiger charge is -2.22. The summed E-state index contributed by atoms with van der Waals surface area (Å²) in [7, 11) is 0. The van der Waals surface area contributed by atoms with Crippen molar-refractivity contribution in [2.24, 2.45) is 5.92 Å². The Hall–Kier alpha value is -1.12. The molecule has 0 amide bonds. The Morgan fingerprint density at radius 2 is 1.71 bits per heavy atom. The van der Waals surface area contributed by atoms with Crippen LogP contribution in [0.15, 0.2) is 12.3 Å². The molecule has 0 saturated heterocycles. The minimum atomic E-state index is 0.385. The van der Waals surface area contributed by atoms with Gasteiger partial charge in [0.05, 0.1) is 18.2 Å². The smallest absolute Gasteiger partial charge is 0.139 e. The average Bonchev–Trinajstić information content (AvgIpc) is 2.97. The van der Waals surface area contributed by atoms with Gasteiger partial charge in [-0.3, -0.25) is 9.48 Å². The Balaban J connectivity index is 1.50. The maximum Gasteiger partial charge on any atom is 0.139 e. The van der Waals surface area contributed by atoms with Gasteiger partial charge < -0.3 is 0 Å². The van der Waals surface area contributed by atoms with Crippen LogP contribution in [0.5, 0.6) is 0 Å². The summed E-state index contributed by atoms with van der Waals surface area (Å²) in [5.74, 6) is 1.03. The lowest BCUT2D eigenvalue weighted by molar-refractivity contribution is -0.119. The predicted octanol–water partition coefficient (Wildman–Crippen LogP) is 4.47. The topological polar surface area (TPSA) is 34.9 Å². The first kappa shape index (κ1) is 14.8. The van der Waals surface area contributed by atoms with Crippen molar-refractivity contribution in [1.29, 1.82) is 0 Å². The molecule has 0 aliphatic heterocycles. The number of Topliss-reactive ketones (excluding diaryl/α,β-unsaturated/α-hetero) is 1. The molecule has 0 spiro atoms. The highest BCUT2D eigenvalue weighted by Crippen LogP contribution is 2.28. The monoisotopic (exact) mass is 288 g/mol. The quantitative estimate of drug-likeness (QED) is 0.801. The van der Waals surface area contributed by atoms with Crippen molar-refractivity contribution in [3.05, 3.63) is 18.0 Å². The average molecular weight is 288 g/mol. The third kappa shape index (κ3) is 4.18. The molecule has 2 aliphatic carbocycles. The third-order valence-corrected chi connectivity index (χ3v) is 5.23. The second-order valence-corrected chi connectivity index (χ2v) is 7.00. The molecule has 116 valence electrons. The number of ketones is 1. The summed E-state index contributed by atoms with van der Waals surface area (Å²) in [6, 6.07) is 2.62. The first-order valence-electron chi connectivity index (χ1n) is 8.87. The number of rotatable bonds is 5. The lowest BCUT2D eigenvalue weighted by Crippen LogP contribution is -2.15. The van der Waals surface area contributed by atoms with Gasteiger partial charge in [-0.1, -0.05) is 51.4 Å². The molecule has 2 aliphatic rings. The predicted molar refractivity (Wildman–Crippen MR) is 84.3 cm³/mol. The van der Waals surface area contributed by atoms with Gasteiger partial charge >= 0.3 is 0 Å². The molecule has 3 nitrogen and oxygen atoms in total. The lowest BCUT2D eigenvalue weighted by atomic mass is 9.85. The molecule has 0 radical (unpaired) electrons. The molecule has 21 heavy (non-hydrogen) atoms. The summed E-state index contributed by atoms with van der Waals surface area (Å²) in [5.41, 5.74) is 0.974. The van der Waals surface area contributed by atoms with E-state index in [-0.39, 0.29) is 0 Å². The fourth-order valence-electron chi connectivity index (χ4n) is 4.01. The molecule has 1 aromatic rings. The number of hydrogen-bond donors (Lipinski definition) is 0. The zero-order valence-corrected chi connectivity index (χ0v) is 13.1. The third-order valence-electron chi connectivity index (χ3n) is 5.23. The fourth-order valence-corrected chi connectivity index (χ4v) is 4.01. The van der Waals surface area contributed by atoms with E-state index in [0.29, 0.717) is 24.2 Å². The zero-order chi connectivity index (χ0) is 14.5. The van der Waals surface area contributed by atoms with Crippen molar-refractivity contribution in [3.63, 3.8) is 0 Å². The highest BCUT2D eigenvalue weighted by molar-refractivity contribution is 5.80. The fraction of sp³-hybridized carbons (Fsp3) is 0.778. The van der Waals surface area contributed by atoms with Crippen LogP contribution in [0.2, 0.25) is 0 Å². The van der Waals surface area contributed by atoms with Crippen LogP contribution in [0.1, 0.15) is 82.4 Å². The molecule has 2 fully saturated rings. The van der Waals surface area contributed by atoms with E-state index in [2.05, 4.69) is 16.0 Å². The minimum Gasteiger partial charge on any atom is -0.299 e. The second kappa shape index (κ2) is 7.24. The summed E-state index contributed by atoms with van der Waals surface area (Å²) >= 11 is 0. The second-order valence-electron chi connectivity index (χ2n) is 7.00. The molecule has 0 bridgehead atoms. The van der Waals surface area contributed by atoms with Crippen molar-refractivity contribution >= 4 is 5.78 Å². The summed E-state index contributed by atoms with van der Waals surface area (Å²) in [5, 5.41) is 4.66. The van der Waals surface area contributed by atoms with Crippen LogP contribution >= 0.6 is 0 Å². The van der Waals surface area contributed by atoms with E-state index < -0.39 is 0 Å². The first-order chi connectivity index (χ1) is 10.3. The normalized spacial score (nSPS) is 21.5. The van der Waals surface area contributed by atoms with Crippen LogP contribution in [-0.4, -0.2) is 15.6 Å². The maximum atomic E-state index is 12.2. The van der Waals surface area contributed by atoms with Gasteiger partial charge in [0, 0.05) is 12.6 Å². The highest BCUT2D eigenvalue weighted by atomic mass is 16.1. The van der Waals surface area contributed by atoms with Gasteiger partial charge in [-0.25, -0.2) is 0 Å². The number of hydrogen-bond acceptors (Lipinski definition) is 2. The van der Waals surface area contributed by atoms with Gasteiger partial charge in [-0.2, -0.15) is 5.10 Å². The largest absolute Gasteiger partial charge is 0.299 e. The highest BCUT2D eigenvalue weighted by Gasteiger charge is 2.19. The van der Waals surface area contributed by atoms with Crippen LogP contribution < -0.4 is 0 Å². The van der Waals surface area contributed by atoms with Crippen molar-refractivity contribution in [1.82, 2.24) is 9.78 Å². The van der Waals surface area contributed by atoms with E-state index in [1.165, 1.54) is 64.2 Å². The van der Waals surface area contributed by atoms with E-state index in [1.54, 1.807) is 0 Å². The molecule has 0 aromatic carbocycles. The Morgan fingerprint density at radius 3 is 2.43 bits per heavy atom. The molecular weight excluding hydrogens is 260 g/mol. The zero-order valence-electron chi connectivity index (χ0n) is 13.1. The molecule has 1 heterocycles. The van der Waals surface area contributed by atoms with Crippen molar-refractivity contribution in [3.8, 4) is 0 Å². The summed E-state index contributed by atoms with van der Waals surface area (Å²) in [6.45, 7) is 0. The van der Waals surface area contributed by atoms with Gasteiger partial charge in [-0.15, -0.1) is 0 Å².